The van der Waals surface area contributed by atoms with Crippen LogP contribution in [0, 0.1) is 19.8 Å². The normalized spacial score (nSPS) is 20.6. The van der Waals surface area contributed by atoms with Crippen molar-refractivity contribution in [2.24, 2.45) is 5.92 Å². The number of likely N-dealkylation sites (tertiary alicyclic amines) is 1. The van der Waals surface area contributed by atoms with Gasteiger partial charge in [0.2, 0.25) is 11.9 Å². The Morgan fingerprint density at radius 2 is 1.68 bits per heavy atom. The molecule has 1 aromatic heterocycles. The van der Waals surface area contributed by atoms with Crippen molar-refractivity contribution in [3.8, 4) is 0 Å². The van der Waals surface area contributed by atoms with Crippen LogP contribution >= 0.6 is 0 Å². The van der Waals surface area contributed by atoms with Gasteiger partial charge in [-0.2, -0.15) is 0 Å². The molecule has 28 heavy (non-hydrogen) atoms. The smallest absolute Gasteiger partial charge is 0.225 e. The number of nitrogens with zero attached hydrogens (tertiary/aromatic N) is 4. The van der Waals surface area contributed by atoms with Crippen LogP contribution in [0.15, 0.2) is 6.07 Å². The predicted molar refractivity (Wildman–Crippen MR) is 114 cm³/mol. The molecule has 0 aromatic carbocycles. The molecule has 2 saturated heterocycles. The lowest BCUT2D eigenvalue weighted by atomic mass is 9.93. The molecular formula is C22H37N5O. The van der Waals surface area contributed by atoms with E-state index in [1.807, 2.05) is 19.9 Å². The van der Waals surface area contributed by atoms with Gasteiger partial charge in [-0.1, -0.05) is 12.8 Å². The fraction of sp³-hybridized carbons (Fsp3) is 0.773. The van der Waals surface area contributed by atoms with Gasteiger partial charge in [0, 0.05) is 43.5 Å². The van der Waals surface area contributed by atoms with Crippen LogP contribution in [0.25, 0.3) is 0 Å². The molecule has 156 valence electrons. The third-order valence-corrected chi connectivity index (χ3v) is 6.20. The average molecular weight is 388 g/mol. The zero-order valence-corrected chi connectivity index (χ0v) is 17.9. The summed E-state index contributed by atoms with van der Waals surface area (Å²) in [5.41, 5.74) is 2.03. The molecule has 1 atom stereocenters. The molecule has 0 saturated carbocycles. The largest absolute Gasteiger partial charge is 0.355 e. The number of piperidine rings is 1. The van der Waals surface area contributed by atoms with Crippen molar-refractivity contribution in [3.05, 3.63) is 17.5 Å². The molecule has 2 aliphatic heterocycles. The van der Waals surface area contributed by atoms with Crippen LogP contribution < -0.4 is 10.2 Å². The number of nitrogens with one attached hydrogen (secondary N) is 1. The van der Waals surface area contributed by atoms with Crippen molar-refractivity contribution in [1.29, 1.82) is 0 Å². The minimum atomic E-state index is 0.211. The molecule has 2 aliphatic rings. The molecule has 0 radical (unpaired) electrons. The highest BCUT2D eigenvalue weighted by Crippen LogP contribution is 2.23. The van der Waals surface area contributed by atoms with Gasteiger partial charge in [-0.15, -0.1) is 0 Å². The molecule has 1 N–H and O–H groups in total. The SMILES string of the molecule is Cc1cc(C)nc(N2CCC(CC(=O)NC[C@H](C)N3CCCCCC3)CC2)n1. The fourth-order valence-corrected chi connectivity index (χ4v) is 4.45. The van der Waals surface area contributed by atoms with Gasteiger partial charge in [0.25, 0.3) is 0 Å². The van der Waals surface area contributed by atoms with Gasteiger partial charge < -0.3 is 10.2 Å². The summed E-state index contributed by atoms with van der Waals surface area (Å²) in [6.07, 6.45) is 8.00. The summed E-state index contributed by atoms with van der Waals surface area (Å²) < 4.78 is 0. The zero-order chi connectivity index (χ0) is 19.9. The summed E-state index contributed by atoms with van der Waals surface area (Å²) in [6.45, 7) is 11.3. The van der Waals surface area contributed by atoms with Gasteiger partial charge in [-0.05, 0) is 71.5 Å². The summed E-state index contributed by atoms with van der Waals surface area (Å²) in [5.74, 6) is 1.52. The number of carbonyl (C=O) groups excluding carboxylic acids is 1. The Morgan fingerprint density at radius 1 is 1.07 bits per heavy atom. The number of rotatable bonds is 6. The molecule has 1 aromatic rings. The van der Waals surface area contributed by atoms with Crippen molar-refractivity contribution in [2.75, 3.05) is 37.6 Å². The summed E-state index contributed by atoms with van der Waals surface area (Å²) >= 11 is 0. The average Bonchev–Trinajstić information content (AvgIpc) is 2.95. The molecule has 6 heteroatoms. The van der Waals surface area contributed by atoms with E-state index in [1.54, 1.807) is 0 Å². The molecule has 0 spiro atoms. The Bertz CT molecular complexity index is 614. The maximum absolute atomic E-state index is 12.4. The second kappa shape index (κ2) is 10.2. The second-order valence-corrected chi connectivity index (χ2v) is 8.69. The fourth-order valence-electron chi connectivity index (χ4n) is 4.45. The third kappa shape index (κ3) is 6.16. The predicted octanol–water partition coefficient (Wildman–Crippen LogP) is 3.08. The van der Waals surface area contributed by atoms with Crippen LogP contribution in [0.4, 0.5) is 5.95 Å². The van der Waals surface area contributed by atoms with Crippen LogP contribution in [-0.2, 0) is 4.79 Å². The quantitative estimate of drug-likeness (QED) is 0.813. The summed E-state index contributed by atoms with van der Waals surface area (Å²) in [5, 5.41) is 3.19. The van der Waals surface area contributed by atoms with Crippen LogP contribution in [0.2, 0.25) is 0 Å². The number of carbonyl (C=O) groups is 1. The number of amides is 1. The van der Waals surface area contributed by atoms with Crippen molar-refractivity contribution < 1.29 is 4.79 Å². The van der Waals surface area contributed by atoms with Crippen molar-refractivity contribution in [2.45, 2.75) is 71.8 Å². The maximum Gasteiger partial charge on any atom is 0.225 e. The minimum Gasteiger partial charge on any atom is -0.355 e. The number of anilines is 1. The van der Waals surface area contributed by atoms with E-state index < -0.39 is 0 Å². The topological polar surface area (TPSA) is 61.4 Å². The first-order valence-corrected chi connectivity index (χ1v) is 11.1. The lowest BCUT2D eigenvalue weighted by Crippen LogP contribution is -2.43. The number of hydrogen-bond donors (Lipinski definition) is 1. The van der Waals surface area contributed by atoms with Gasteiger partial charge in [-0.3, -0.25) is 9.69 Å². The van der Waals surface area contributed by atoms with Gasteiger partial charge in [0.05, 0.1) is 0 Å². The van der Waals surface area contributed by atoms with E-state index in [4.69, 9.17) is 0 Å². The molecule has 3 heterocycles. The Labute approximate surface area is 170 Å². The third-order valence-electron chi connectivity index (χ3n) is 6.20. The molecule has 0 aliphatic carbocycles. The molecule has 2 fully saturated rings. The van der Waals surface area contributed by atoms with E-state index in [9.17, 15) is 4.79 Å². The first kappa shape index (κ1) is 21.0. The molecule has 3 rings (SSSR count). The minimum absolute atomic E-state index is 0.211. The van der Waals surface area contributed by atoms with Gasteiger partial charge in [0.15, 0.2) is 0 Å². The van der Waals surface area contributed by atoms with E-state index in [0.29, 0.717) is 18.4 Å². The molecular weight excluding hydrogens is 350 g/mol. The van der Waals surface area contributed by atoms with E-state index in [2.05, 4.69) is 32.0 Å². The van der Waals surface area contributed by atoms with E-state index in [0.717, 1.165) is 49.8 Å². The first-order chi connectivity index (χ1) is 13.5. The van der Waals surface area contributed by atoms with Gasteiger partial charge >= 0.3 is 0 Å². The van der Waals surface area contributed by atoms with Gasteiger partial charge in [0.1, 0.15) is 0 Å². The van der Waals surface area contributed by atoms with Crippen molar-refractivity contribution in [1.82, 2.24) is 20.2 Å². The maximum atomic E-state index is 12.4. The molecule has 1 amide bonds. The van der Waals surface area contributed by atoms with Crippen LogP contribution in [0.1, 0.15) is 63.3 Å². The first-order valence-electron chi connectivity index (χ1n) is 11.1. The van der Waals surface area contributed by atoms with E-state index >= 15 is 0 Å². The summed E-state index contributed by atoms with van der Waals surface area (Å²) in [7, 11) is 0. The standard InChI is InChI=1S/C22H37N5O/c1-17-14-18(2)25-22(24-17)27-12-8-20(9-13-27)15-21(28)23-16-19(3)26-10-6-4-5-7-11-26/h14,19-20H,4-13,15-16H2,1-3H3,(H,23,28)/t19-/m0/s1. The highest BCUT2D eigenvalue weighted by atomic mass is 16.1. The van der Waals surface area contributed by atoms with Gasteiger partial charge in [-0.25, -0.2) is 9.97 Å². The zero-order valence-electron chi connectivity index (χ0n) is 17.9. The Hall–Kier alpha value is -1.69. The highest BCUT2D eigenvalue weighted by Gasteiger charge is 2.24. The number of aromatic nitrogens is 2. The molecule has 0 unspecified atom stereocenters. The molecule has 6 nitrogen and oxygen atoms in total. The monoisotopic (exact) mass is 387 g/mol. The summed E-state index contributed by atoms with van der Waals surface area (Å²) in [6, 6.07) is 2.44. The molecule has 0 bridgehead atoms. The van der Waals surface area contributed by atoms with Crippen LogP contribution in [0.5, 0.6) is 0 Å². The Morgan fingerprint density at radius 3 is 2.29 bits per heavy atom. The van der Waals surface area contributed by atoms with Crippen molar-refractivity contribution in [3.63, 3.8) is 0 Å². The Balaban J connectivity index is 1.38. The van der Waals surface area contributed by atoms with Crippen molar-refractivity contribution >= 4 is 11.9 Å². The lowest BCUT2D eigenvalue weighted by Gasteiger charge is -2.32. The van der Waals surface area contributed by atoms with Crippen LogP contribution in [-0.4, -0.2) is 59.5 Å². The second-order valence-electron chi connectivity index (χ2n) is 8.69. The summed E-state index contributed by atoms with van der Waals surface area (Å²) in [4.78, 5) is 26.4. The van der Waals surface area contributed by atoms with Crippen LogP contribution in [0.3, 0.4) is 0 Å². The number of aryl methyl sites for hydroxylation is 2. The van der Waals surface area contributed by atoms with E-state index in [-0.39, 0.29) is 5.91 Å². The van der Waals surface area contributed by atoms with E-state index in [1.165, 1.54) is 38.8 Å². The lowest BCUT2D eigenvalue weighted by molar-refractivity contribution is -0.122. The number of hydrogen-bond acceptors (Lipinski definition) is 5. The Kier molecular flexibility index (Phi) is 7.65. The highest BCUT2D eigenvalue weighted by molar-refractivity contribution is 5.76.